The van der Waals surface area contributed by atoms with Crippen LogP contribution < -0.4 is 19.3 Å². The van der Waals surface area contributed by atoms with E-state index in [1.807, 2.05) is 6.92 Å². The molecule has 0 atom stereocenters. The first-order chi connectivity index (χ1) is 18.5. The van der Waals surface area contributed by atoms with Crippen LogP contribution in [-0.2, 0) is 19.6 Å². The first kappa shape index (κ1) is 27.6. The van der Waals surface area contributed by atoms with Crippen LogP contribution in [0, 0.1) is 24.0 Å². The van der Waals surface area contributed by atoms with Crippen molar-refractivity contribution < 1.29 is 27.7 Å². The van der Waals surface area contributed by atoms with Crippen LogP contribution in [0.5, 0.6) is 5.75 Å². The van der Waals surface area contributed by atoms with Crippen LogP contribution in [-0.4, -0.2) is 45.4 Å². The summed E-state index contributed by atoms with van der Waals surface area (Å²) in [5, 5.41) is 14.2. The highest BCUT2D eigenvalue weighted by Gasteiger charge is 2.30. The number of hydrogen-bond acceptors (Lipinski definition) is 7. The van der Waals surface area contributed by atoms with Gasteiger partial charge >= 0.3 is 0 Å². The number of benzene rings is 3. The molecular formula is C27H28N4O7S. The van der Waals surface area contributed by atoms with E-state index in [0.29, 0.717) is 35.7 Å². The molecule has 1 aliphatic heterocycles. The fraction of sp³-hybridized carbons (Fsp3) is 0.259. The Morgan fingerprint density at radius 3 is 2.38 bits per heavy atom. The maximum atomic E-state index is 13.7. The molecule has 0 aliphatic carbocycles. The van der Waals surface area contributed by atoms with Crippen LogP contribution in [0.4, 0.5) is 22.7 Å². The van der Waals surface area contributed by atoms with Crippen molar-refractivity contribution in [1.82, 2.24) is 0 Å². The van der Waals surface area contributed by atoms with Crippen molar-refractivity contribution in [1.29, 1.82) is 0 Å². The number of anilines is 3. The lowest BCUT2D eigenvalue weighted by Crippen LogP contribution is -2.38. The number of methoxy groups -OCH3 is 1. The van der Waals surface area contributed by atoms with Gasteiger partial charge in [0.25, 0.3) is 15.7 Å². The molecule has 3 aromatic carbocycles. The summed E-state index contributed by atoms with van der Waals surface area (Å²) >= 11 is 0. The molecular weight excluding hydrogens is 524 g/mol. The molecule has 0 unspecified atom stereocenters. The van der Waals surface area contributed by atoms with Crippen LogP contribution in [0.3, 0.4) is 0 Å². The Balaban J connectivity index is 1.66. The van der Waals surface area contributed by atoms with Gasteiger partial charge in [-0.05, 0) is 68.3 Å². The van der Waals surface area contributed by atoms with E-state index in [9.17, 15) is 28.1 Å². The number of nitrogens with one attached hydrogen (secondary N) is 1. The number of ether oxygens (including phenoxy) is 1. The molecule has 204 valence electrons. The molecule has 39 heavy (non-hydrogen) atoms. The van der Waals surface area contributed by atoms with Gasteiger partial charge in [0.1, 0.15) is 12.3 Å². The molecule has 1 fully saturated rings. The van der Waals surface area contributed by atoms with Crippen LogP contribution in [0.15, 0.2) is 65.6 Å². The lowest BCUT2D eigenvalue weighted by Gasteiger charge is -2.24. The summed E-state index contributed by atoms with van der Waals surface area (Å²) in [7, 11) is -2.93. The maximum Gasteiger partial charge on any atom is 0.273 e. The van der Waals surface area contributed by atoms with Gasteiger partial charge in [0.2, 0.25) is 11.8 Å². The van der Waals surface area contributed by atoms with Gasteiger partial charge in [-0.1, -0.05) is 12.1 Å². The number of amides is 2. The maximum absolute atomic E-state index is 13.7. The highest BCUT2D eigenvalue weighted by molar-refractivity contribution is 7.92. The molecule has 1 saturated heterocycles. The third-order valence-corrected chi connectivity index (χ3v) is 8.24. The molecule has 2 amide bonds. The van der Waals surface area contributed by atoms with Gasteiger partial charge in [-0.25, -0.2) is 8.42 Å². The minimum absolute atomic E-state index is 0.00513. The van der Waals surface area contributed by atoms with E-state index >= 15 is 0 Å². The van der Waals surface area contributed by atoms with Crippen molar-refractivity contribution >= 4 is 44.6 Å². The molecule has 0 saturated carbocycles. The number of nitro benzene ring substituents is 1. The van der Waals surface area contributed by atoms with Gasteiger partial charge < -0.3 is 15.0 Å². The molecule has 0 spiro atoms. The normalized spacial score (nSPS) is 13.3. The third-order valence-electron chi connectivity index (χ3n) is 6.47. The Morgan fingerprint density at radius 2 is 1.77 bits per heavy atom. The summed E-state index contributed by atoms with van der Waals surface area (Å²) in [6, 6.07) is 14.8. The standard InChI is InChI=1S/C27H28N4O7S/c1-18-6-8-20(15-24(18)29-14-4-5-27(29)33)28-26(32)17-30(21-9-11-22(38-3)12-10-21)39(36,37)23-13-7-19(2)25(16-23)31(34)35/h6-13,15-16H,4-5,14,17H2,1-3H3,(H,28,32). The van der Waals surface area contributed by atoms with E-state index in [1.165, 1.54) is 38.3 Å². The number of rotatable bonds is 9. The number of sulfonamides is 1. The zero-order valence-corrected chi connectivity index (χ0v) is 22.5. The fourth-order valence-electron chi connectivity index (χ4n) is 4.35. The highest BCUT2D eigenvalue weighted by Crippen LogP contribution is 2.30. The van der Waals surface area contributed by atoms with Gasteiger partial charge in [-0.15, -0.1) is 0 Å². The molecule has 1 heterocycles. The number of carbonyl (C=O) groups excluding carboxylic acids is 2. The monoisotopic (exact) mass is 552 g/mol. The Kier molecular flexibility index (Phi) is 7.86. The van der Waals surface area contributed by atoms with Crippen molar-refractivity contribution in [3.05, 3.63) is 81.9 Å². The topological polar surface area (TPSA) is 139 Å². The number of carbonyl (C=O) groups is 2. The van der Waals surface area contributed by atoms with Gasteiger partial charge in [0.05, 0.1) is 22.6 Å². The fourth-order valence-corrected chi connectivity index (χ4v) is 5.79. The second-order valence-electron chi connectivity index (χ2n) is 9.11. The van der Waals surface area contributed by atoms with Gasteiger partial charge in [0.15, 0.2) is 0 Å². The van der Waals surface area contributed by atoms with Crippen molar-refractivity contribution in [2.45, 2.75) is 31.6 Å². The summed E-state index contributed by atoms with van der Waals surface area (Å²) in [4.78, 5) is 37.6. The molecule has 1 N–H and O–H groups in total. The molecule has 11 nitrogen and oxygen atoms in total. The van der Waals surface area contributed by atoms with Gasteiger partial charge in [-0.2, -0.15) is 0 Å². The minimum atomic E-state index is -4.39. The third kappa shape index (κ3) is 5.85. The van der Waals surface area contributed by atoms with Crippen LogP contribution >= 0.6 is 0 Å². The first-order valence-electron chi connectivity index (χ1n) is 12.1. The first-order valence-corrected chi connectivity index (χ1v) is 13.6. The lowest BCUT2D eigenvalue weighted by molar-refractivity contribution is -0.385. The number of aryl methyl sites for hydroxylation is 2. The Hall–Kier alpha value is -4.45. The Morgan fingerprint density at radius 1 is 1.08 bits per heavy atom. The largest absolute Gasteiger partial charge is 0.497 e. The summed E-state index contributed by atoms with van der Waals surface area (Å²) in [6.45, 7) is 3.35. The van der Waals surface area contributed by atoms with Crippen molar-refractivity contribution in [2.24, 2.45) is 0 Å². The van der Waals surface area contributed by atoms with Crippen molar-refractivity contribution in [3.63, 3.8) is 0 Å². The Bertz CT molecular complexity index is 1540. The van der Waals surface area contributed by atoms with Crippen molar-refractivity contribution in [3.8, 4) is 5.75 Å². The molecule has 1 aliphatic rings. The summed E-state index contributed by atoms with van der Waals surface area (Å²) in [5.41, 5.74) is 2.08. The zero-order valence-electron chi connectivity index (χ0n) is 21.7. The van der Waals surface area contributed by atoms with E-state index in [1.54, 1.807) is 35.2 Å². The molecule has 0 aromatic heterocycles. The predicted octanol–water partition coefficient (Wildman–Crippen LogP) is 4.18. The van der Waals surface area contributed by atoms with Gasteiger partial charge in [0, 0.05) is 36.0 Å². The zero-order chi connectivity index (χ0) is 28.3. The molecule has 12 heteroatoms. The minimum Gasteiger partial charge on any atom is -0.497 e. The second-order valence-corrected chi connectivity index (χ2v) is 11.0. The van der Waals surface area contributed by atoms with E-state index in [2.05, 4.69) is 5.32 Å². The van der Waals surface area contributed by atoms with Crippen LogP contribution in [0.1, 0.15) is 24.0 Å². The summed E-state index contributed by atoms with van der Waals surface area (Å²) in [6.07, 6.45) is 1.21. The van der Waals surface area contributed by atoms with Crippen LogP contribution in [0.25, 0.3) is 0 Å². The van der Waals surface area contributed by atoms with E-state index < -0.39 is 27.4 Å². The molecule has 3 aromatic rings. The second kappa shape index (κ2) is 11.1. The average molecular weight is 553 g/mol. The average Bonchev–Trinajstić information content (AvgIpc) is 3.33. The summed E-state index contributed by atoms with van der Waals surface area (Å²) in [5.74, 6) is -0.153. The lowest BCUT2D eigenvalue weighted by atomic mass is 10.1. The Labute approximate surface area is 226 Å². The van der Waals surface area contributed by atoms with Crippen molar-refractivity contribution in [2.75, 3.05) is 34.7 Å². The quantitative estimate of drug-likeness (QED) is 0.310. The van der Waals surface area contributed by atoms with Crippen LogP contribution in [0.2, 0.25) is 0 Å². The summed E-state index contributed by atoms with van der Waals surface area (Å²) < 4.78 is 33.5. The molecule has 0 radical (unpaired) electrons. The van der Waals surface area contributed by atoms with E-state index in [0.717, 1.165) is 22.4 Å². The molecule has 0 bridgehead atoms. The van der Waals surface area contributed by atoms with E-state index in [4.69, 9.17) is 4.74 Å². The SMILES string of the molecule is COc1ccc(N(CC(=O)Nc2ccc(C)c(N3CCCC3=O)c2)S(=O)(=O)c2ccc(C)c([N+](=O)[O-])c2)cc1. The number of nitrogens with zero attached hydrogens (tertiary/aromatic N) is 3. The highest BCUT2D eigenvalue weighted by atomic mass is 32.2. The predicted molar refractivity (Wildman–Crippen MR) is 147 cm³/mol. The van der Waals surface area contributed by atoms with Gasteiger partial charge in [-0.3, -0.25) is 24.0 Å². The number of nitro groups is 1. The van der Waals surface area contributed by atoms with E-state index in [-0.39, 0.29) is 22.2 Å². The smallest absolute Gasteiger partial charge is 0.273 e. The number of hydrogen-bond donors (Lipinski definition) is 1. The molecule has 4 rings (SSSR count).